The summed E-state index contributed by atoms with van der Waals surface area (Å²) >= 11 is 4.36. The molecule has 0 aliphatic heterocycles. The Kier molecular flexibility index (Phi) is 4.44. The molecule has 1 nitrogen and oxygen atoms in total. The van der Waals surface area contributed by atoms with Crippen molar-refractivity contribution in [2.45, 2.75) is 38.6 Å². The first-order valence-electron chi connectivity index (χ1n) is 5.09. The molecule has 72 valence electrons. The van der Waals surface area contributed by atoms with Gasteiger partial charge in [-0.1, -0.05) is 19.8 Å². The van der Waals surface area contributed by atoms with Crippen LogP contribution in [0.5, 0.6) is 0 Å². The second-order valence-corrected chi connectivity index (χ2v) is 4.35. The fourth-order valence-electron chi connectivity index (χ4n) is 1.70. The summed E-state index contributed by atoms with van der Waals surface area (Å²) in [5.41, 5.74) is 0. The Bertz CT molecular complexity index is 119. The highest BCUT2D eigenvalue weighted by Crippen LogP contribution is 2.24. The van der Waals surface area contributed by atoms with Gasteiger partial charge in [0, 0.05) is 12.6 Å². The van der Waals surface area contributed by atoms with Gasteiger partial charge in [-0.05, 0) is 31.6 Å². The lowest BCUT2D eigenvalue weighted by atomic mass is 9.91. The van der Waals surface area contributed by atoms with Gasteiger partial charge in [0.05, 0.1) is 0 Å². The molecule has 1 rings (SSSR count). The second-order valence-electron chi connectivity index (χ2n) is 3.98. The van der Waals surface area contributed by atoms with E-state index in [0.717, 1.165) is 17.7 Å². The van der Waals surface area contributed by atoms with Crippen molar-refractivity contribution in [2.24, 2.45) is 5.92 Å². The fraction of sp³-hybridized carbons (Fsp3) is 1.00. The van der Waals surface area contributed by atoms with Crippen LogP contribution in [0.4, 0.5) is 0 Å². The van der Waals surface area contributed by atoms with Crippen LogP contribution >= 0.6 is 12.6 Å². The molecule has 2 heteroatoms. The number of nitrogens with zero attached hydrogens (tertiary/aromatic N) is 1. The van der Waals surface area contributed by atoms with Crippen molar-refractivity contribution in [3.05, 3.63) is 0 Å². The van der Waals surface area contributed by atoms with E-state index in [1.54, 1.807) is 0 Å². The van der Waals surface area contributed by atoms with Crippen LogP contribution in [0.15, 0.2) is 0 Å². The third-order valence-electron chi connectivity index (χ3n) is 3.08. The number of hydrogen-bond donors (Lipinski definition) is 1. The molecular weight excluding hydrogens is 166 g/mol. The summed E-state index contributed by atoms with van der Waals surface area (Å²) in [6.45, 7) is 3.50. The van der Waals surface area contributed by atoms with Crippen LogP contribution in [0.3, 0.4) is 0 Å². The van der Waals surface area contributed by atoms with Gasteiger partial charge in [0.25, 0.3) is 0 Å². The largest absolute Gasteiger partial charge is 0.303 e. The van der Waals surface area contributed by atoms with Crippen molar-refractivity contribution in [1.29, 1.82) is 0 Å². The first-order valence-corrected chi connectivity index (χ1v) is 5.72. The van der Waals surface area contributed by atoms with Gasteiger partial charge in [-0.25, -0.2) is 0 Å². The first-order chi connectivity index (χ1) is 5.77. The Hall–Kier alpha value is 0.310. The summed E-state index contributed by atoms with van der Waals surface area (Å²) in [6, 6.07) is 0.888. The molecule has 0 radical (unpaired) electrons. The summed E-state index contributed by atoms with van der Waals surface area (Å²) in [6.07, 6.45) is 5.53. The van der Waals surface area contributed by atoms with Crippen LogP contribution in [0.25, 0.3) is 0 Å². The quantitative estimate of drug-likeness (QED) is 0.647. The van der Waals surface area contributed by atoms with E-state index in [9.17, 15) is 0 Å². The monoisotopic (exact) mass is 187 g/mol. The summed E-state index contributed by atoms with van der Waals surface area (Å²) in [4.78, 5) is 2.52. The highest BCUT2D eigenvalue weighted by Gasteiger charge is 2.22. The summed E-state index contributed by atoms with van der Waals surface area (Å²) in [7, 11) is 2.26. The summed E-state index contributed by atoms with van der Waals surface area (Å²) in [5, 5.41) is 0. The van der Waals surface area contributed by atoms with Gasteiger partial charge in [-0.3, -0.25) is 0 Å². The average molecular weight is 187 g/mol. The Morgan fingerprint density at radius 2 is 2.17 bits per heavy atom. The van der Waals surface area contributed by atoms with Crippen molar-refractivity contribution in [1.82, 2.24) is 4.90 Å². The second kappa shape index (κ2) is 5.13. The smallest absolute Gasteiger partial charge is 0.00923 e. The Labute approximate surface area is 81.9 Å². The highest BCUT2D eigenvalue weighted by atomic mass is 32.1. The predicted octanol–water partition coefficient (Wildman–Crippen LogP) is 2.43. The molecular formula is C10H21NS. The SMILES string of the molecule is CCC(CS)CN(C)C1CCC1. The van der Waals surface area contributed by atoms with Gasteiger partial charge >= 0.3 is 0 Å². The third-order valence-corrected chi connectivity index (χ3v) is 3.60. The van der Waals surface area contributed by atoms with Gasteiger partial charge in [0.2, 0.25) is 0 Å². The molecule has 1 atom stereocenters. The first kappa shape index (κ1) is 10.4. The normalized spacial score (nSPS) is 21.0. The van der Waals surface area contributed by atoms with E-state index < -0.39 is 0 Å². The maximum absolute atomic E-state index is 4.36. The zero-order valence-electron chi connectivity index (χ0n) is 8.29. The van der Waals surface area contributed by atoms with Crippen molar-refractivity contribution >= 4 is 12.6 Å². The van der Waals surface area contributed by atoms with Crippen molar-refractivity contribution < 1.29 is 0 Å². The van der Waals surface area contributed by atoms with Crippen LogP contribution in [-0.2, 0) is 0 Å². The van der Waals surface area contributed by atoms with Crippen LogP contribution < -0.4 is 0 Å². The summed E-state index contributed by atoms with van der Waals surface area (Å²) in [5.74, 6) is 1.83. The van der Waals surface area contributed by atoms with Crippen molar-refractivity contribution in [3.63, 3.8) is 0 Å². The van der Waals surface area contributed by atoms with E-state index in [-0.39, 0.29) is 0 Å². The topological polar surface area (TPSA) is 3.24 Å². The van der Waals surface area contributed by atoms with Crippen LogP contribution in [0.2, 0.25) is 0 Å². The minimum absolute atomic E-state index is 0.791. The van der Waals surface area contributed by atoms with Crippen LogP contribution in [0.1, 0.15) is 32.6 Å². The van der Waals surface area contributed by atoms with E-state index in [1.807, 2.05) is 0 Å². The highest BCUT2D eigenvalue weighted by molar-refractivity contribution is 7.80. The Balaban J connectivity index is 2.18. The van der Waals surface area contributed by atoms with Crippen LogP contribution in [0, 0.1) is 5.92 Å². The number of thiol groups is 1. The zero-order valence-corrected chi connectivity index (χ0v) is 9.19. The minimum Gasteiger partial charge on any atom is -0.303 e. The molecule has 0 spiro atoms. The minimum atomic E-state index is 0.791. The van der Waals surface area contributed by atoms with E-state index in [0.29, 0.717) is 0 Å². The molecule has 1 aliphatic carbocycles. The molecule has 12 heavy (non-hydrogen) atoms. The molecule has 0 aromatic carbocycles. The van der Waals surface area contributed by atoms with Gasteiger partial charge < -0.3 is 4.90 Å². The molecule has 1 unspecified atom stereocenters. The molecule has 0 saturated heterocycles. The Morgan fingerprint density at radius 3 is 2.50 bits per heavy atom. The number of hydrogen-bond acceptors (Lipinski definition) is 2. The predicted molar refractivity (Wildman–Crippen MR) is 57.9 cm³/mol. The van der Waals surface area contributed by atoms with Crippen LogP contribution in [-0.4, -0.2) is 30.3 Å². The molecule has 0 aromatic heterocycles. The average Bonchev–Trinajstić information content (AvgIpc) is 1.96. The summed E-state index contributed by atoms with van der Waals surface area (Å²) < 4.78 is 0. The van der Waals surface area contributed by atoms with E-state index in [4.69, 9.17) is 0 Å². The maximum atomic E-state index is 4.36. The lowest BCUT2D eigenvalue weighted by Crippen LogP contribution is -2.40. The standard InChI is InChI=1S/C10H21NS/c1-3-9(8-12)7-11(2)10-5-4-6-10/h9-10,12H,3-8H2,1-2H3. The third kappa shape index (κ3) is 2.67. The van der Waals surface area contributed by atoms with E-state index in [2.05, 4.69) is 31.5 Å². The lowest BCUT2D eigenvalue weighted by molar-refractivity contribution is 0.141. The molecule has 0 N–H and O–H groups in total. The van der Waals surface area contributed by atoms with Gasteiger partial charge in [0.15, 0.2) is 0 Å². The molecule has 1 fully saturated rings. The molecule has 1 aliphatic rings. The number of rotatable bonds is 5. The molecule has 0 heterocycles. The fourth-order valence-corrected chi connectivity index (χ4v) is 2.07. The Morgan fingerprint density at radius 1 is 1.50 bits per heavy atom. The van der Waals surface area contributed by atoms with E-state index >= 15 is 0 Å². The molecule has 0 amide bonds. The maximum Gasteiger partial charge on any atom is 0.00923 e. The lowest BCUT2D eigenvalue weighted by Gasteiger charge is -2.36. The van der Waals surface area contributed by atoms with Gasteiger partial charge in [-0.2, -0.15) is 12.6 Å². The zero-order chi connectivity index (χ0) is 8.97. The molecule has 0 aromatic rings. The van der Waals surface area contributed by atoms with E-state index in [1.165, 1.54) is 32.2 Å². The van der Waals surface area contributed by atoms with Gasteiger partial charge in [-0.15, -0.1) is 0 Å². The molecule has 1 saturated carbocycles. The molecule has 0 bridgehead atoms. The van der Waals surface area contributed by atoms with Crippen molar-refractivity contribution in [2.75, 3.05) is 19.3 Å². The van der Waals surface area contributed by atoms with Gasteiger partial charge in [0.1, 0.15) is 0 Å². The van der Waals surface area contributed by atoms with Crippen molar-refractivity contribution in [3.8, 4) is 0 Å².